The third-order valence-corrected chi connectivity index (χ3v) is 3.92. The lowest BCUT2D eigenvalue weighted by molar-refractivity contribution is -0.121. The molecule has 2 heteroatoms. The molecule has 15 heavy (non-hydrogen) atoms. The number of Topliss-reactive ketones (excluding diaryl/α,β-unsaturated/α-hetero) is 1. The lowest BCUT2D eigenvalue weighted by atomic mass is 9.84. The Balaban J connectivity index is 1.66. The fourth-order valence-corrected chi connectivity index (χ4v) is 3.01. The maximum atomic E-state index is 11.8. The molecular formula is C13H23NO. The number of carbonyl (C=O) groups excluding carboxylic acids is 1. The fourth-order valence-electron chi connectivity index (χ4n) is 3.01. The summed E-state index contributed by atoms with van der Waals surface area (Å²) in [6.45, 7) is 2.18. The van der Waals surface area contributed by atoms with Crippen LogP contribution in [-0.4, -0.2) is 18.9 Å². The van der Waals surface area contributed by atoms with E-state index in [2.05, 4.69) is 5.32 Å². The zero-order valence-electron chi connectivity index (χ0n) is 9.63. The third-order valence-electron chi connectivity index (χ3n) is 3.92. The summed E-state index contributed by atoms with van der Waals surface area (Å²) in [4.78, 5) is 11.8. The molecule has 1 aliphatic carbocycles. The zero-order chi connectivity index (χ0) is 10.5. The van der Waals surface area contributed by atoms with Gasteiger partial charge in [-0.05, 0) is 31.3 Å². The van der Waals surface area contributed by atoms with Crippen LogP contribution in [-0.2, 0) is 4.79 Å². The molecule has 0 spiro atoms. The van der Waals surface area contributed by atoms with Crippen LogP contribution in [0.15, 0.2) is 0 Å². The first kappa shape index (κ1) is 11.1. The summed E-state index contributed by atoms with van der Waals surface area (Å²) in [6, 6.07) is 0. The number of carbonyl (C=O) groups is 1. The normalized spacial score (nSPS) is 28.1. The highest BCUT2D eigenvalue weighted by Gasteiger charge is 2.21. The topological polar surface area (TPSA) is 29.1 Å². The largest absolute Gasteiger partial charge is 0.316 e. The van der Waals surface area contributed by atoms with E-state index in [1.165, 1.54) is 38.5 Å². The maximum absolute atomic E-state index is 11.8. The van der Waals surface area contributed by atoms with Crippen molar-refractivity contribution in [2.24, 2.45) is 11.8 Å². The zero-order valence-corrected chi connectivity index (χ0v) is 9.63. The van der Waals surface area contributed by atoms with Crippen molar-refractivity contribution in [2.75, 3.05) is 13.1 Å². The van der Waals surface area contributed by atoms with E-state index in [4.69, 9.17) is 0 Å². The predicted molar refractivity (Wildman–Crippen MR) is 61.8 cm³/mol. The molecule has 1 aliphatic heterocycles. The van der Waals surface area contributed by atoms with Gasteiger partial charge in [0.2, 0.25) is 0 Å². The summed E-state index contributed by atoms with van der Waals surface area (Å²) < 4.78 is 0. The van der Waals surface area contributed by atoms with Crippen molar-refractivity contribution < 1.29 is 4.79 Å². The Kier molecular flexibility index (Phi) is 4.18. The van der Waals surface area contributed by atoms with Gasteiger partial charge in [0.25, 0.3) is 0 Å². The maximum Gasteiger partial charge on any atom is 0.133 e. The average Bonchev–Trinajstić information content (AvgIpc) is 2.71. The highest BCUT2D eigenvalue weighted by Crippen LogP contribution is 2.27. The molecule has 2 nitrogen and oxygen atoms in total. The van der Waals surface area contributed by atoms with Gasteiger partial charge >= 0.3 is 0 Å². The molecule has 0 amide bonds. The molecule has 0 bridgehead atoms. The SMILES string of the molecule is O=C(CC1CCCCC1)CC1CCNC1. The molecule has 2 aliphatic rings. The van der Waals surface area contributed by atoms with E-state index in [9.17, 15) is 4.79 Å². The first-order valence-corrected chi connectivity index (χ1v) is 6.57. The van der Waals surface area contributed by atoms with Crippen molar-refractivity contribution in [3.05, 3.63) is 0 Å². The second kappa shape index (κ2) is 5.64. The van der Waals surface area contributed by atoms with Gasteiger partial charge in [-0.3, -0.25) is 4.79 Å². The highest BCUT2D eigenvalue weighted by molar-refractivity contribution is 5.78. The van der Waals surface area contributed by atoms with E-state index in [1.807, 2.05) is 0 Å². The summed E-state index contributed by atoms with van der Waals surface area (Å²) in [5, 5.41) is 3.33. The second-order valence-corrected chi connectivity index (χ2v) is 5.31. The van der Waals surface area contributed by atoms with Crippen molar-refractivity contribution in [3.63, 3.8) is 0 Å². The summed E-state index contributed by atoms with van der Waals surface area (Å²) in [5.74, 6) is 1.89. The van der Waals surface area contributed by atoms with Crippen LogP contribution in [0.2, 0.25) is 0 Å². The minimum Gasteiger partial charge on any atom is -0.316 e. The number of nitrogens with one attached hydrogen (secondary N) is 1. The summed E-state index contributed by atoms with van der Waals surface area (Å²) in [6.07, 6.45) is 9.60. The van der Waals surface area contributed by atoms with Crippen molar-refractivity contribution in [1.29, 1.82) is 0 Å². The molecule has 0 aromatic carbocycles. The van der Waals surface area contributed by atoms with Gasteiger partial charge < -0.3 is 5.32 Å². The van der Waals surface area contributed by atoms with Gasteiger partial charge in [-0.2, -0.15) is 0 Å². The molecule has 0 aromatic heterocycles. The Labute approximate surface area is 92.8 Å². The van der Waals surface area contributed by atoms with E-state index < -0.39 is 0 Å². The molecular weight excluding hydrogens is 186 g/mol. The fraction of sp³-hybridized carbons (Fsp3) is 0.923. The Bertz CT molecular complexity index is 203. The number of ketones is 1. The van der Waals surface area contributed by atoms with Gasteiger partial charge in [0.05, 0.1) is 0 Å². The summed E-state index contributed by atoms with van der Waals surface area (Å²) in [5.41, 5.74) is 0. The van der Waals surface area contributed by atoms with E-state index in [0.717, 1.165) is 31.8 Å². The smallest absolute Gasteiger partial charge is 0.133 e. The minimum atomic E-state index is 0.524. The van der Waals surface area contributed by atoms with Gasteiger partial charge in [-0.1, -0.05) is 32.1 Å². The molecule has 0 radical (unpaired) electrons. The number of rotatable bonds is 4. The van der Waals surface area contributed by atoms with Gasteiger partial charge in [-0.25, -0.2) is 0 Å². The van der Waals surface area contributed by atoms with Crippen LogP contribution in [0.5, 0.6) is 0 Å². The molecule has 86 valence electrons. The van der Waals surface area contributed by atoms with Crippen LogP contribution in [0, 0.1) is 11.8 Å². The van der Waals surface area contributed by atoms with Crippen molar-refractivity contribution in [3.8, 4) is 0 Å². The first-order valence-electron chi connectivity index (χ1n) is 6.57. The standard InChI is InChI=1S/C13H23NO/c15-13(9-12-6-7-14-10-12)8-11-4-2-1-3-5-11/h11-12,14H,1-10H2. The van der Waals surface area contributed by atoms with Crippen LogP contribution in [0.4, 0.5) is 0 Å². The Morgan fingerprint density at radius 3 is 2.40 bits per heavy atom. The lowest BCUT2D eigenvalue weighted by Gasteiger charge is -2.21. The van der Waals surface area contributed by atoms with E-state index in [0.29, 0.717) is 11.7 Å². The molecule has 1 saturated carbocycles. The van der Waals surface area contributed by atoms with Gasteiger partial charge in [-0.15, -0.1) is 0 Å². The van der Waals surface area contributed by atoms with Crippen LogP contribution in [0.3, 0.4) is 0 Å². The van der Waals surface area contributed by atoms with Crippen LogP contribution in [0.1, 0.15) is 51.4 Å². The van der Waals surface area contributed by atoms with Crippen molar-refractivity contribution in [1.82, 2.24) is 5.32 Å². The third kappa shape index (κ3) is 3.60. The predicted octanol–water partition coefficient (Wildman–Crippen LogP) is 2.53. The molecule has 2 fully saturated rings. The summed E-state index contributed by atoms with van der Waals surface area (Å²) in [7, 11) is 0. The minimum absolute atomic E-state index is 0.524. The molecule has 2 rings (SSSR count). The van der Waals surface area contributed by atoms with Gasteiger partial charge in [0, 0.05) is 12.8 Å². The average molecular weight is 209 g/mol. The second-order valence-electron chi connectivity index (χ2n) is 5.31. The molecule has 1 atom stereocenters. The van der Waals surface area contributed by atoms with Crippen molar-refractivity contribution >= 4 is 5.78 Å². The van der Waals surface area contributed by atoms with E-state index in [-0.39, 0.29) is 0 Å². The van der Waals surface area contributed by atoms with Crippen LogP contribution >= 0.6 is 0 Å². The number of hydrogen-bond donors (Lipinski definition) is 1. The van der Waals surface area contributed by atoms with E-state index >= 15 is 0 Å². The monoisotopic (exact) mass is 209 g/mol. The quantitative estimate of drug-likeness (QED) is 0.771. The van der Waals surface area contributed by atoms with E-state index in [1.54, 1.807) is 0 Å². The lowest BCUT2D eigenvalue weighted by Crippen LogP contribution is -2.16. The Hall–Kier alpha value is -0.370. The van der Waals surface area contributed by atoms with Gasteiger partial charge in [0.1, 0.15) is 5.78 Å². The molecule has 1 heterocycles. The molecule has 1 unspecified atom stereocenters. The molecule has 1 N–H and O–H groups in total. The van der Waals surface area contributed by atoms with Crippen molar-refractivity contribution in [2.45, 2.75) is 51.4 Å². The number of hydrogen-bond acceptors (Lipinski definition) is 2. The highest BCUT2D eigenvalue weighted by atomic mass is 16.1. The Morgan fingerprint density at radius 2 is 1.73 bits per heavy atom. The first-order chi connectivity index (χ1) is 7.34. The summed E-state index contributed by atoms with van der Waals surface area (Å²) >= 11 is 0. The molecule has 0 aromatic rings. The van der Waals surface area contributed by atoms with Crippen LogP contribution in [0.25, 0.3) is 0 Å². The Morgan fingerprint density at radius 1 is 1.00 bits per heavy atom. The van der Waals surface area contributed by atoms with Gasteiger partial charge in [0.15, 0.2) is 0 Å². The molecule has 1 saturated heterocycles. The van der Waals surface area contributed by atoms with Crippen LogP contribution < -0.4 is 5.32 Å².